The van der Waals surface area contributed by atoms with Crippen LogP contribution in [0.15, 0.2) is 66.9 Å². The lowest BCUT2D eigenvalue weighted by Gasteiger charge is -2.07. The largest absolute Gasteiger partial charge is 0.427 e. The molecule has 5 aromatic rings. The average Bonchev–Trinajstić information content (AvgIpc) is 3.29. The lowest BCUT2D eigenvalue weighted by molar-refractivity contribution is 0.373. The smallest absolute Gasteiger partial charge is 0.391 e. The van der Waals surface area contributed by atoms with Crippen molar-refractivity contribution in [2.75, 3.05) is 0 Å². The molecule has 0 fully saturated rings. The number of imidazole rings is 1. The van der Waals surface area contributed by atoms with Gasteiger partial charge in [-0.15, -0.1) is 0 Å². The van der Waals surface area contributed by atoms with Crippen LogP contribution >= 0.6 is 20.2 Å². The quantitative estimate of drug-likeness (QED) is 0.294. The van der Waals surface area contributed by atoms with Gasteiger partial charge in [0, 0.05) is 35.8 Å². The van der Waals surface area contributed by atoms with E-state index in [0.29, 0.717) is 16.3 Å². The van der Waals surface area contributed by atoms with Crippen LogP contribution < -0.4 is 9.26 Å². The molecule has 0 amide bonds. The van der Waals surface area contributed by atoms with Crippen molar-refractivity contribution < 1.29 is 19.0 Å². The zero-order valence-electron chi connectivity index (χ0n) is 16.3. The van der Waals surface area contributed by atoms with Crippen molar-refractivity contribution in [3.8, 4) is 28.6 Å². The Hall–Kier alpha value is -3.09. The molecule has 0 aliphatic heterocycles. The van der Waals surface area contributed by atoms with Gasteiger partial charge in [0.25, 0.3) is 6.01 Å². The molecule has 0 aliphatic rings. The zero-order valence-corrected chi connectivity index (χ0v) is 17.9. The summed E-state index contributed by atoms with van der Waals surface area (Å²) in [7, 11) is -0.484. The molecule has 0 spiro atoms. The van der Waals surface area contributed by atoms with Gasteiger partial charge in [-0.3, -0.25) is 0 Å². The number of benzene rings is 3. The van der Waals surface area contributed by atoms with Gasteiger partial charge in [0.05, 0.1) is 16.1 Å². The van der Waals surface area contributed by atoms with Crippen LogP contribution in [-0.2, 0) is 7.05 Å². The first-order valence-corrected chi connectivity index (χ1v) is 10.9. The van der Waals surface area contributed by atoms with E-state index in [1.807, 2.05) is 31.4 Å². The Morgan fingerprint density at radius 2 is 1.87 bits per heavy atom. The van der Waals surface area contributed by atoms with Crippen LogP contribution in [0.3, 0.4) is 0 Å². The highest BCUT2D eigenvalue weighted by Gasteiger charge is 2.12. The number of aryl methyl sites for hydroxylation is 1. The Kier molecular flexibility index (Phi) is 5.04. The molecule has 2 heterocycles. The standard InChI is InChI=1S/C22H17ClN3O4P/c1-26-8-7-14-9-13(5-6-21(14)26)17-11-19-20(12-18(17)23)25-22(24-19)29-15-3-2-4-16(10-15)30-31(27)28/h2-12,27-28H,1H3,(H,24,25). The van der Waals surface area contributed by atoms with E-state index in [1.165, 1.54) is 0 Å². The van der Waals surface area contributed by atoms with Crippen LogP contribution in [0.25, 0.3) is 33.1 Å². The second-order valence-electron chi connectivity index (χ2n) is 7.01. The van der Waals surface area contributed by atoms with Crippen molar-refractivity contribution in [1.82, 2.24) is 14.5 Å². The molecular weight excluding hydrogens is 437 g/mol. The minimum absolute atomic E-state index is 0.284. The molecular formula is C22H17ClN3O4P. The molecule has 5 rings (SSSR count). The van der Waals surface area contributed by atoms with Gasteiger partial charge in [-0.1, -0.05) is 23.7 Å². The van der Waals surface area contributed by atoms with Gasteiger partial charge >= 0.3 is 8.60 Å². The van der Waals surface area contributed by atoms with E-state index in [0.717, 1.165) is 27.5 Å². The third-order valence-electron chi connectivity index (χ3n) is 4.95. The van der Waals surface area contributed by atoms with Gasteiger partial charge in [0.15, 0.2) is 0 Å². The third-order valence-corrected chi connectivity index (χ3v) is 5.64. The molecule has 7 nitrogen and oxygen atoms in total. The predicted octanol–water partition coefficient (Wildman–Crippen LogP) is 5.76. The van der Waals surface area contributed by atoms with E-state index in [2.05, 4.69) is 32.7 Å². The third kappa shape index (κ3) is 3.96. The molecule has 0 unspecified atom stereocenters. The first kappa shape index (κ1) is 19.8. The van der Waals surface area contributed by atoms with Crippen molar-refractivity contribution in [1.29, 1.82) is 0 Å². The first-order valence-electron chi connectivity index (χ1n) is 9.35. The average molecular weight is 454 g/mol. The van der Waals surface area contributed by atoms with E-state index >= 15 is 0 Å². The number of halogens is 1. The molecule has 0 saturated carbocycles. The summed E-state index contributed by atoms with van der Waals surface area (Å²) in [6, 6.07) is 18.9. The zero-order chi connectivity index (χ0) is 21.5. The van der Waals surface area contributed by atoms with Crippen LogP contribution in [0, 0.1) is 0 Å². The molecule has 0 aliphatic carbocycles. The number of H-pyrrole nitrogens is 1. The minimum atomic E-state index is -2.50. The maximum Gasteiger partial charge on any atom is 0.391 e. The molecule has 0 bridgehead atoms. The van der Waals surface area contributed by atoms with Gasteiger partial charge in [-0.05, 0) is 48.0 Å². The fourth-order valence-electron chi connectivity index (χ4n) is 3.53. The Bertz CT molecular complexity index is 1410. The normalized spacial score (nSPS) is 11.5. The minimum Gasteiger partial charge on any atom is -0.427 e. The van der Waals surface area contributed by atoms with Gasteiger partial charge in [0.2, 0.25) is 0 Å². The monoisotopic (exact) mass is 453 g/mol. The second kappa shape index (κ2) is 7.87. The fraction of sp³-hybridized carbons (Fsp3) is 0.0455. The Morgan fingerprint density at radius 1 is 1.03 bits per heavy atom. The molecule has 2 aromatic heterocycles. The summed E-state index contributed by atoms with van der Waals surface area (Å²) in [5.41, 5.74) is 4.49. The van der Waals surface area contributed by atoms with Crippen LogP contribution in [0.2, 0.25) is 5.02 Å². The molecule has 0 radical (unpaired) electrons. The number of nitrogens with zero attached hydrogens (tertiary/aromatic N) is 2. The van der Waals surface area contributed by atoms with Crippen LogP contribution in [-0.4, -0.2) is 24.3 Å². The first-order chi connectivity index (χ1) is 15.0. The highest BCUT2D eigenvalue weighted by Crippen LogP contribution is 2.35. The fourth-order valence-corrected chi connectivity index (χ4v) is 4.10. The van der Waals surface area contributed by atoms with Crippen molar-refractivity contribution in [2.24, 2.45) is 7.05 Å². The maximum absolute atomic E-state index is 9.01. The summed E-state index contributed by atoms with van der Waals surface area (Å²) in [5.74, 6) is 0.723. The number of hydrogen-bond donors (Lipinski definition) is 3. The number of hydrogen-bond acceptors (Lipinski definition) is 5. The van der Waals surface area contributed by atoms with Crippen molar-refractivity contribution in [2.45, 2.75) is 0 Å². The van der Waals surface area contributed by atoms with E-state index in [4.69, 9.17) is 30.6 Å². The second-order valence-corrected chi connectivity index (χ2v) is 8.11. The molecule has 156 valence electrons. The topological polar surface area (TPSA) is 92.5 Å². The Labute approximate surface area is 183 Å². The highest BCUT2D eigenvalue weighted by molar-refractivity contribution is 7.39. The number of ether oxygens (including phenoxy) is 1. The van der Waals surface area contributed by atoms with Crippen LogP contribution in [0.1, 0.15) is 0 Å². The van der Waals surface area contributed by atoms with Gasteiger partial charge < -0.3 is 28.6 Å². The van der Waals surface area contributed by atoms with E-state index in [1.54, 1.807) is 24.3 Å². The van der Waals surface area contributed by atoms with Gasteiger partial charge in [-0.25, -0.2) is 0 Å². The summed E-state index contributed by atoms with van der Waals surface area (Å²) >= 11 is 6.58. The number of aromatic amines is 1. The number of aromatic nitrogens is 3. The summed E-state index contributed by atoms with van der Waals surface area (Å²) < 4.78 is 12.8. The summed E-state index contributed by atoms with van der Waals surface area (Å²) in [6.45, 7) is 0. The summed E-state index contributed by atoms with van der Waals surface area (Å²) in [6.07, 6.45) is 2.03. The molecule has 3 aromatic carbocycles. The molecule has 3 N–H and O–H groups in total. The van der Waals surface area contributed by atoms with Crippen molar-refractivity contribution in [3.05, 3.63) is 71.9 Å². The Morgan fingerprint density at radius 3 is 2.71 bits per heavy atom. The van der Waals surface area contributed by atoms with E-state index < -0.39 is 8.60 Å². The van der Waals surface area contributed by atoms with Gasteiger partial charge in [-0.2, -0.15) is 4.98 Å². The lowest BCUT2D eigenvalue weighted by atomic mass is 10.0. The number of fused-ring (bicyclic) bond motifs is 2. The molecule has 9 heteroatoms. The summed E-state index contributed by atoms with van der Waals surface area (Å²) in [5, 5.41) is 1.74. The highest BCUT2D eigenvalue weighted by atomic mass is 35.5. The number of rotatable bonds is 5. The van der Waals surface area contributed by atoms with E-state index in [-0.39, 0.29) is 11.8 Å². The van der Waals surface area contributed by atoms with Crippen LogP contribution in [0.5, 0.6) is 17.5 Å². The number of nitrogens with one attached hydrogen (secondary N) is 1. The molecule has 31 heavy (non-hydrogen) atoms. The van der Waals surface area contributed by atoms with Crippen molar-refractivity contribution in [3.63, 3.8) is 0 Å². The predicted molar refractivity (Wildman–Crippen MR) is 122 cm³/mol. The summed E-state index contributed by atoms with van der Waals surface area (Å²) in [4.78, 5) is 25.6. The van der Waals surface area contributed by atoms with Crippen molar-refractivity contribution >= 4 is 42.1 Å². The maximum atomic E-state index is 9.01. The van der Waals surface area contributed by atoms with Crippen LogP contribution in [0.4, 0.5) is 0 Å². The lowest BCUT2D eigenvalue weighted by Crippen LogP contribution is -1.88. The van der Waals surface area contributed by atoms with Gasteiger partial charge in [0.1, 0.15) is 11.5 Å². The van der Waals surface area contributed by atoms with E-state index in [9.17, 15) is 0 Å². The Balaban J connectivity index is 1.48. The molecule has 0 atom stereocenters. The molecule has 0 saturated heterocycles. The SMILES string of the molecule is Cn1ccc2cc(-c3cc4nc(Oc5cccc(OP(O)O)c5)[nH]c4cc3Cl)ccc21.